The predicted octanol–water partition coefficient (Wildman–Crippen LogP) is 2.56. The topological polar surface area (TPSA) is 58.9 Å². The summed E-state index contributed by atoms with van der Waals surface area (Å²) in [4.78, 5) is 4.15. The van der Waals surface area contributed by atoms with Gasteiger partial charge in [0.05, 0.1) is 13.2 Å². The van der Waals surface area contributed by atoms with Gasteiger partial charge in [-0.25, -0.2) is 10.1 Å². The van der Waals surface area contributed by atoms with Crippen LogP contribution < -0.4 is 0 Å². The number of unbranched alkanes of at least 4 members (excludes halogenated alkanes) is 5. The molecule has 0 amide bonds. The van der Waals surface area contributed by atoms with E-state index in [1.54, 1.807) is 0 Å². The van der Waals surface area contributed by atoms with Gasteiger partial charge in [-0.3, -0.25) is 0 Å². The summed E-state index contributed by atoms with van der Waals surface area (Å²) in [5.74, 6) is 0. The molecule has 0 heterocycles. The molecule has 0 aliphatic heterocycles. The molecule has 0 aliphatic carbocycles. The van der Waals surface area contributed by atoms with E-state index in [1.165, 1.54) is 25.7 Å². The third kappa shape index (κ3) is 10.1. The molecule has 0 aromatic carbocycles. The summed E-state index contributed by atoms with van der Waals surface area (Å²) in [6, 6.07) is 0. The Morgan fingerprint density at radius 2 is 1.73 bits per heavy atom. The number of ether oxygens (including phenoxy) is 1. The van der Waals surface area contributed by atoms with Crippen LogP contribution in [0.3, 0.4) is 0 Å². The molecule has 0 aromatic rings. The van der Waals surface area contributed by atoms with Gasteiger partial charge in [-0.1, -0.05) is 39.0 Å². The van der Waals surface area contributed by atoms with E-state index < -0.39 is 6.29 Å². The molecule has 0 saturated heterocycles. The van der Waals surface area contributed by atoms with Crippen LogP contribution in [-0.2, 0) is 9.62 Å². The molecule has 0 aliphatic rings. The van der Waals surface area contributed by atoms with Gasteiger partial charge >= 0.3 is 0 Å². The van der Waals surface area contributed by atoms with Crippen molar-refractivity contribution in [2.75, 3.05) is 13.2 Å². The maximum atomic E-state index is 8.52. The van der Waals surface area contributed by atoms with E-state index in [2.05, 4.69) is 11.8 Å². The molecule has 15 heavy (non-hydrogen) atoms. The van der Waals surface area contributed by atoms with E-state index in [0.717, 1.165) is 12.8 Å². The van der Waals surface area contributed by atoms with E-state index in [4.69, 9.17) is 15.1 Å². The average molecular weight is 220 g/mol. The summed E-state index contributed by atoms with van der Waals surface area (Å²) in [5, 5.41) is 17.0. The Hall–Kier alpha value is -0.160. The van der Waals surface area contributed by atoms with E-state index in [-0.39, 0.29) is 13.2 Å². The fourth-order valence-electron chi connectivity index (χ4n) is 1.44. The molecular weight excluding hydrogens is 196 g/mol. The number of aliphatic hydroxyl groups excluding tert-OH is 1. The van der Waals surface area contributed by atoms with Crippen molar-refractivity contribution in [2.45, 2.75) is 58.2 Å². The van der Waals surface area contributed by atoms with Crippen LogP contribution in [0, 0.1) is 0 Å². The lowest BCUT2D eigenvalue weighted by Gasteiger charge is -2.13. The van der Waals surface area contributed by atoms with Gasteiger partial charge < -0.3 is 9.84 Å². The van der Waals surface area contributed by atoms with Crippen LogP contribution in [0.4, 0.5) is 0 Å². The molecular formula is C11H24O4. The van der Waals surface area contributed by atoms with Crippen molar-refractivity contribution in [2.24, 2.45) is 0 Å². The second-order valence-corrected chi connectivity index (χ2v) is 3.69. The summed E-state index contributed by atoms with van der Waals surface area (Å²) in [6.45, 7) is 2.36. The summed E-state index contributed by atoms with van der Waals surface area (Å²) >= 11 is 0. The van der Waals surface area contributed by atoms with Crippen molar-refractivity contribution in [3.63, 3.8) is 0 Å². The Balaban J connectivity index is 3.22. The molecule has 1 atom stereocenters. The van der Waals surface area contributed by atoms with E-state index in [1.807, 2.05) is 0 Å². The molecule has 2 N–H and O–H groups in total. The normalized spacial score (nSPS) is 13.0. The van der Waals surface area contributed by atoms with Crippen molar-refractivity contribution in [3.05, 3.63) is 0 Å². The highest BCUT2D eigenvalue weighted by atomic mass is 17.1. The van der Waals surface area contributed by atoms with Gasteiger partial charge in [0, 0.05) is 6.42 Å². The van der Waals surface area contributed by atoms with E-state index >= 15 is 0 Å². The van der Waals surface area contributed by atoms with Crippen molar-refractivity contribution in [1.29, 1.82) is 0 Å². The Kier molecular flexibility index (Phi) is 11.8. The summed E-state index contributed by atoms with van der Waals surface area (Å²) in [6.07, 6.45) is 7.28. The lowest BCUT2D eigenvalue weighted by molar-refractivity contribution is -0.348. The molecule has 0 aromatic heterocycles. The smallest absolute Gasteiger partial charge is 0.191 e. The minimum absolute atomic E-state index is 0.0453. The predicted molar refractivity (Wildman–Crippen MR) is 58.5 cm³/mol. The molecule has 0 saturated carbocycles. The van der Waals surface area contributed by atoms with Crippen LogP contribution in [0.2, 0.25) is 0 Å². The first-order valence-corrected chi connectivity index (χ1v) is 5.87. The Morgan fingerprint density at radius 1 is 1.07 bits per heavy atom. The van der Waals surface area contributed by atoms with Crippen molar-refractivity contribution < 1.29 is 20.0 Å². The first-order chi connectivity index (χ1) is 7.35. The maximum absolute atomic E-state index is 8.52. The largest absolute Gasteiger partial charge is 0.394 e. The number of aliphatic hydroxyl groups is 1. The maximum Gasteiger partial charge on any atom is 0.191 e. The number of hydrogen-bond acceptors (Lipinski definition) is 4. The molecule has 0 bridgehead atoms. The highest BCUT2D eigenvalue weighted by Crippen LogP contribution is 2.10. The lowest BCUT2D eigenvalue weighted by atomic mass is 10.1. The highest BCUT2D eigenvalue weighted by Gasteiger charge is 2.07. The summed E-state index contributed by atoms with van der Waals surface area (Å²) in [7, 11) is 0. The Bertz CT molecular complexity index is 119. The van der Waals surface area contributed by atoms with Crippen molar-refractivity contribution in [1.82, 2.24) is 0 Å². The fourth-order valence-corrected chi connectivity index (χ4v) is 1.44. The fraction of sp³-hybridized carbons (Fsp3) is 1.00. The van der Waals surface area contributed by atoms with Gasteiger partial charge in [0.25, 0.3) is 0 Å². The first kappa shape index (κ1) is 14.8. The van der Waals surface area contributed by atoms with Gasteiger partial charge in [0.1, 0.15) is 0 Å². The SMILES string of the molecule is CCCCCCCCC(OO)OCCO. The number of hydrogen-bond donors (Lipinski definition) is 2. The number of rotatable bonds is 11. The van der Waals surface area contributed by atoms with Gasteiger partial charge in [-0.2, -0.15) is 0 Å². The second kappa shape index (κ2) is 11.9. The Labute approximate surface area is 92.1 Å². The van der Waals surface area contributed by atoms with Crippen LogP contribution in [0.25, 0.3) is 0 Å². The first-order valence-electron chi connectivity index (χ1n) is 5.87. The van der Waals surface area contributed by atoms with Gasteiger partial charge in [0.15, 0.2) is 6.29 Å². The van der Waals surface area contributed by atoms with Crippen LogP contribution >= 0.6 is 0 Å². The zero-order valence-corrected chi connectivity index (χ0v) is 9.65. The third-order valence-corrected chi connectivity index (χ3v) is 2.31. The van der Waals surface area contributed by atoms with Crippen LogP contribution in [0.5, 0.6) is 0 Å². The van der Waals surface area contributed by atoms with E-state index in [9.17, 15) is 0 Å². The van der Waals surface area contributed by atoms with Gasteiger partial charge in [-0.15, -0.1) is 0 Å². The minimum atomic E-state index is -0.580. The standard InChI is InChI=1S/C11H24O4/c1-2-3-4-5-6-7-8-11(15-13)14-10-9-12/h11-13H,2-10H2,1H3. The molecule has 4 heteroatoms. The van der Waals surface area contributed by atoms with Gasteiger partial charge in [0.2, 0.25) is 0 Å². The monoisotopic (exact) mass is 220 g/mol. The Morgan fingerprint density at radius 3 is 2.33 bits per heavy atom. The molecule has 0 fully saturated rings. The highest BCUT2D eigenvalue weighted by molar-refractivity contribution is 4.48. The van der Waals surface area contributed by atoms with Crippen LogP contribution in [-0.4, -0.2) is 29.9 Å². The molecule has 0 spiro atoms. The van der Waals surface area contributed by atoms with Crippen LogP contribution in [0.15, 0.2) is 0 Å². The molecule has 0 radical (unpaired) electrons. The van der Waals surface area contributed by atoms with Crippen molar-refractivity contribution >= 4 is 0 Å². The van der Waals surface area contributed by atoms with E-state index in [0.29, 0.717) is 6.42 Å². The zero-order chi connectivity index (χ0) is 11.4. The van der Waals surface area contributed by atoms with Gasteiger partial charge in [-0.05, 0) is 6.42 Å². The molecule has 1 unspecified atom stereocenters. The minimum Gasteiger partial charge on any atom is -0.394 e. The average Bonchev–Trinajstić information content (AvgIpc) is 2.27. The quantitative estimate of drug-likeness (QED) is 0.243. The summed E-state index contributed by atoms with van der Waals surface area (Å²) in [5.41, 5.74) is 0. The summed E-state index contributed by atoms with van der Waals surface area (Å²) < 4.78 is 5.05. The molecule has 4 nitrogen and oxygen atoms in total. The zero-order valence-electron chi connectivity index (χ0n) is 9.65. The van der Waals surface area contributed by atoms with Crippen LogP contribution in [0.1, 0.15) is 51.9 Å². The molecule has 0 rings (SSSR count). The second-order valence-electron chi connectivity index (χ2n) is 3.69. The van der Waals surface area contributed by atoms with Crippen molar-refractivity contribution in [3.8, 4) is 0 Å². The molecule has 92 valence electrons. The third-order valence-electron chi connectivity index (χ3n) is 2.31. The lowest BCUT2D eigenvalue weighted by Crippen LogP contribution is -2.17.